The molecule has 0 saturated carbocycles. The first-order valence-electron chi connectivity index (χ1n) is 36.2. The van der Waals surface area contributed by atoms with Gasteiger partial charge in [-0.15, -0.1) is 0 Å². The summed E-state index contributed by atoms with van der Waals surface area (Å²) < 4.78 is 68.3. The number of carbonyl (C=O) groups is 4. The number of aliphatic hydroxyl groups excluding tert-OH is 1. The highest BCUT2D eigenvalue weighted by atomic mass is 31.2. The van der Waals surface area contributed by atoms with Crippen molar-refractivity contribution in [1.82, 2.24) is 0 Å². The molecule has 0 fully saturated rings. The Morgan fingerprint density at radius 1 is 0.367 bits per heavy atom. The molecule has 17 nitrogen and oxygen atoms in total. The molecule has 0 radical (unpaired) electrons. The van der Waals surface area contributed by atoms with Crippen LogP contribution in [0.5, 0.6) is 0 Å². The molecule has 0 rings (SSSR count). The van der Waals surface area contributed by atoms with Crippen LogP contribution in [0.1, 0.15) is 331 Å². The van der Waals surface area contributed by atoms with Gasteiger partial charge in [0.05, 0.1) is 26.4 Å². The summed E-state index contributed by atoms with van der Waals surface area (Å²) in [6, 6.07) is 0. The fourth-order valence-corrected chi connectivity index (χ4v) is 11.7. The van der Waals surface area contributed by atoms with Crippen LogP contribution < -0.4 is 0 Å². The van der Waals surface area contributed by atoms with Gasteiger partial charge in [-0.05, 0) is 69.1 Å². The van der Waals surface area contributed by atoms with Gasteiger partial charge in [0.15, 0.2) is 12.2 Å². The number of rotatable bonds is 67. The quantitative estimate of drug-likeness (QED) is 0.0169. The Morgan fingerprint density at radius 3 is 0.989 bits per heavy atom. The number of carbonyl (C=O) groups excluding carboxylic acids is 4. The first-order chi connectivity index (χ1) is 43.3. The van der Waals surface area contributed by atoms with Crippen LogP contribution in [0.15, 0.2) is 24.3 Å². The Morgan fingerprint density at radius 2 is 0.656 bits per heavy atom. The number of phosphoric acid groups is 2. The van der Waals surface area contributed by atoms with E-state index in [4.69, 9.17) is 37.0 Å². The Hall–Kier alpha value is -2.46. The van der Waals surface area contributed by atoms with Crippen molar-refractivity contribution < 1.29 is 80.2 Å². The van der Waals surface area contributed by atoms with E-state index in [0.717, 1.165) is 127 Å². The minimum Gasteiger partial charge on any atom is -0.462 e. The summed E-state index contributed by atoms with van der Waals surface area (Å²) in [5, 5.41) is 10.6. The topological polar surface area (TPSA) is 237 Å². The molecule has 0 heterocycles. The molecule has 3 unspecified atom stereocenters. The number of ether oxygens (including phenoxy) is 4. The second-order valence-electron chi connectivity index (χ2n) is 26.1. The third kappa shape index (κ3) is 63.0. The number of phosphoric ester groups is 2. The van der Waals surface area contributed by atoms with Crippen LogP contribution in [0.25, 0.3) is 0 Å². The Bertz CT molecular complexity index is 1860. The molecule has 0 bridgehead atoms. The Kier molecular flexibility index (Phi) is 59.7. The first-order valence-corrected chi connectivity index (χ1v) is 39.2. The molecule has 0 aliphatic rings. The molecule has 0 saturated heterocycles. The summed E-state index contributed by atoms with van der Waals surface area (Å²) in [5.41, 5.74) is 0. The van der Waals surface area contributed by atoms with E-state index >= 15 is 0 Å². The first kappa shape index (κ1) is 87.5. The summed E-state index contributed by atoms with van der Waals surface area (Å²) in [7, 11) is -9.92. The zero-order chi connectivity index (χ0) is 66.6. The molecule has 0 amide bonds. The molecular formula is C71H134O17P2. The van der Waals surface area contributed by atoms with Gasteiger partial charge >= 0.3 is 39.5 Å². The van der Waals surface area contributed by atoms with Crippen molar-refractivity contribution >= 4 is 39.5 Å². The average molecular weight is 1320 g/mol. The minimum absolute atomic E-state index is 0.0836. The molecule has 19 heteroatoms. The van der Waals surface area contributed by atoms with Crippen molar-refractivity contribution in [2.45, 2.75) is 349 Å². The van der Waals surface area contributed by atoms with E-state index in [1.807, 2.05) is 0 Å². The number of allylic oxidation sites excluding steroid dienone is 4. The van der Waals surface area contributed by atoms with Crippen LogP contribution >= 0.6 is 15.6 Å². The number of esters is 4. The van der Waals surface area contributed by atoms with Gasteiger partial charge in [-0.25, -0.2) is 9.13 Å². The Labute approximate surface area is 548 Å². The lowest BCUT2D eigenvalue weighted by Gasteiger charge is -2.21. The second kappa shape index (κ2) is 61.4. The van der Waals surface area contributed by atoms with Gasteiger partial charge < -0.3 is 33.8 Å². The molecule has 0 aliphatic heterocycles. The van der Waals surface area contributed by atoms with E-state index in [1.165, 1.54) is 122 Å². The van der Waals surface area contributed by atoms with Crippen LogP contribution in [0.2, 0.25) is 0 Å². The smallest absolute Gasteiger partial charge is 0.462 e. The van der Waals surface area contributed by atoms with E-state index in [9.17, 15) is 43.2 Å². The molecular weight excluding hydrogens is 1190 g/mol. The third-order valence-corrected chi connectivity index (χ3v) is 18.0. The number of aliphatic hydroxyl groups is 1. The summed E-state index contributed by atoms with van der Waals surface area (Å²) in [5.74, 6) is 0.0628. The largest absolute Gasteiger partial charge is 0.472 e. The highest BCUT2D eigenvalue weighted by Gasteiger charge is 2.30. The average Bonchev–Trinajstić information content (AvgIpc) is 2.89. The van der Waals surface area contributed by atoms with Gasteiger partial charge in [0.2, 0.25) is 0 Å². The molecule has 0 aromatic rings. The van der Waals surface area contributed by atoms with Crippen LogP contribution in [0.3, 0.4) is 0 Å². The number of unbranched alkanes of at least 4 members (excludes halogenated alkanes) is 31. The van der Waals surface area contributed by atoms with Gasteiger partial charge in [-0.3, -0.25) is 37.3 Å². The second-order valence-corrected chi connectivity index (χ2v) is 29.0. The SMILES string of the molecule is CCCCCC/C=C\C=C/CCCCCCCC(=O)O[C@H](COC(=O)CCCCCCCCC(C)CC)COP(=O)(O)OC[C@H](O)COP(=O)(O)OC[C@@H](COC(=O)CCCCCCCCCCCC(C)C)OC(=O)CCCCCCCCCCCCC(C)C. The maximum atomic E-state index is 13.0. The molecule has 0 aliphatic carbocycles. The van der Waals surface area contributed by atoms with Gasteiger partial charge in [-0.2, -0.15) is 0 Å². The highest BCUT2D eigenvalue weighted by molar-refractivity contribution is 7.47. The summed E-state index contributed by atoms with van der Waals surface area (Å²) in [6.45, 7) is 11.7. The summed E-state index contributed by atoms with van der Waals surface area (Å²) >= 11 is 0. The maximum absolute atomic E-state index is 13.0. The zero-order valence-corrected chi connectivity index (χ0v) is 59.9. The summed E-state index contributed by atoms with van der Waals surface area (Å²) in [6.07, 6.45) is 48.0. The lowest BCUT2D eigenvalue weighted by molar-refractivity contribution is -0.161. The van der Waals surface area contributed by atoms with E-state index in [0.29, 0.717) is 25.7 Å². The van der Waals surface area contributed by atoms with E-state index in [1.54, 1.807) is 0 Å². The van der Waals surface area contributed by atoms with Crippen molar-refractivity contribution in [3.05, 3.63) is 24.3 Å². The molecule has 530 valence electrons. The van der Waals surface area contributed by atoms with Crippen molar-refractivity contribution in [3.8, 4) is 0 Å². The third-order valence-electron chi connectivity index (χ3n) is 16.1. The van der Waals surface area contributed by atoms with Gasteiger partial charge in [-0.1, -0.05) is 278 Å². The lowest BCUT2D eigenvalue weighted by atomic mass is 10.00. The van der Waals surface area contributed by atoms with E-state index in [2.05, 4.69) is 72.8 Å². The lowest BCUT2D eigenvalue weighted by Crippen LogP contribution is -2.30. The molecule has 90 heavy (non-hydrogen) atoms. The fourth-order valence-electron chi connectivity index (χ4n) is 10.1. The number of hydrogen-bond donors (Lipinski definition) is 3. The zero-order valence-electron chi connectivity index (χ0n) is 58.1. The predicted octanol–water partition coefficient (Wildman–Crippen LogP) is 19.8. The summed E-state index contributed by atoms with van der Waals surface area (Å²) in [4.78, 5) is 72.6. The fraction of sp³-hybridized carbons (Fsp3) is 0.887. The monoisotopic (exact) mass is 1320 g/mol. The molecule has 0 aromatic heterocycles. The van der Waals surface area contributed by atoms with Crippen molar-refractivity contribution in [3.63, 3.8) is 0 Å². The highest BCUT2D eigenvalue weighted by Crippen LogP contribution is 2.45. The normalized spacial score (nSPS) is 14.7. The molecule has 6 atom stereocenters. The minimum atomic E-state index is -4.96. The number of hydrogen-bond acceptors (Lipinski definition) is 15. The standard InChI is InChI=1S/C71H134O17P2/c1-8-10-11-12-13-14-15-16-17-18-19-25-31-40-47-54-70(75)88-67(59-82-69(74)53-46-39-34-33-37-44-51-64(7)9-2)61-86-90(79,80)84-57-65(72)56-83-89(77,78)85-60-66(58-81-68(73)52-45-38-30-27-22-24-29-36-43-50-63(5)6)87-71(76)55-48-41-32-26-21-20-23-28-35-42-49-62(3)4/h14-17,62-67,72H,8-13,18-61H2,1-7H3,(H,77,78)(H,79,80)/b15-14-,17-16-/t64?,65-,66-,67-/m1/s1. The van der Waals surface area contributed by atoms with Crippen LogP contribution in [-0.2, 0) is 65.4 Å². The van der Waals surface area contributed by atoms with E-state index < -0.39 is 97.5 Å². The van der Waals surface area contributed by atoms with Gasteiger partial charge in [0.25, 0.3) is 0 Å². The van der Waals surface area contributed by atoms with Gasteiger partial charge in [0.1, 0.15) is 19.3 Å². The predicted molar refractivity (Wildman–Crippen MR) is 363 cm³/mol. The van der Waals surface area contributed by atoms with Crippen LogP contribution in [0, 0.1) is 17.8 Å². The maximum Gasteiger partial charge on any atom is 0.472 e. The van der Waals surface area contributed by atoms with Crippen molar-refractivity contribution in [1.29, 1.82) is 0 Å². The molecule has 3 N–H and O–H groups in total. The van der Waals surface area contributed by atoms with E-state index in [-0.39, 0.29) is 25.7 Å². The van der Waals surface area contributed by atoms with Crippen LogP contribution in [-0.4, -0.2) is 96.7 Å². The van der Waals surface area contributed by atoms with Gasteiger partial charge in [0, 0.05) is 25.7 Å². The van der Waals surface area contributed by atoms with Crippen molar-refractivity contribution in [2.75, 3.05) is 39.6 Å². The Balaban J connectivity index is 5.30. The molecule has 0 aromatic carbocycles. The molecule has 0 spiro atoms. The van der Waals surface area contributed by atoms with Crippen molar-refractivity contribution in [2.24, 2.45) is 17.8 Å². The van der Waals surface area contributed by atoms with Crippen LogP contribution in [0.4, 0.5) is 0 Å².